The number of aliphatic hydroxyl groups excluding tert-OH is 1. The predicted molar refractivity (Wildman–Crippen MR) is 64.9 cm³/mol. The number of methoxy groups -OCH3 is 1. The third-order valence-electron chi connectivity index (χ3n) is 2.08. The summed E-state index contributed by atoms with van der Waals surface area (Å²) >= 11 is 1.34. The van der Waals surface area contributed by atoms with E-state index >= 15 is 0 Å². The average Bonchev–Trinajstić information content (AvgIpc) is 2.81. The first kappa shape index (κ1) is 12.4. The third-order valence-corrected chi connectivity index (χ3v) is 2.95. The highest BCUT2D eigenvalue weighted by Gasteiger charge is 2.20. The molecule has 1 aromatic rings. The normalized spacial score (nSPS) is 13.3. The molecule has 1 N–H and O–H groups in total. The number of rotatable bonds is 3. The summed E-state index contributed by atoms with van der Waals surface area (Å²) in [6.07, 6.45) is 0. The minimum Gasteiger partial charge on any atom is -0.505 e. The van der Waals surface area contributed by atoms with Crippen LogP contribution in [0.3, 0.4) is 0 Å². The molecule has 0 aromatic carbocycles. The summed E-state index contributed by atoms with van der Waals surface area (Å²) in [6.45, 7) is 1.65. The first-order valence-corrected chi connectivity index (χ1v) is 5.49. The molecule has 1 aromatic heterocycles. The van der Waals surface area contributed by atoms with Crippen molar-refractivity contribution in [1.29, 1.82) is 0 Å². The van der Waals surface area contributed by atoms with Crippen molar-refractivity contribution in [1.82, 2.24) is 0 Å². The van der Waals surface area contributed by atoms with Gasteiger partial charge in [0.05, 0.1) is 12.0 Å². The standard InChI is InChI=1S/C11H13NO3S/c1-7(12-2)9(11(14)15-3)10(13)8-5-4-6-16-8/h4-6,13H,1-3H3/b10-9-,12-7?. The summed E-state index contributed by atoms with van der Waals surface area (Å²) < 4.78 is 4.62. The van der Waals surface area contributed by atoms with E-state index < -0.39 is 5.97 Å². The van der Waals surface area contributed by atoms with Gasteiger partial charge in [-0.3, -0.25) is 4.99 Å². The van der Waals surface area contributed by atoms with Crippen molar-refractivity contribution in [3.8, 4) is 0 Å². The Morgan fingerprint density at radius 1 is 1.56 bits per heavy atom. The molecule has 86 valence electrons. The fraction of sp³-hybridized carbons (Fsp3) is 0.273. The summed E-state index contributed by atoms with van der Waals surface area (Å²) in [7, 11) is 2.83. The highest BCUT2D eigenvalue weighted by molar-refractivity contribution is 7.11. The molecule has 1 rings (SSSR count). The summed E-state index contributed by atoms with van der Waals surface area (Å²) in [5.74, 6) is -0.682. The van der Waals surface area contributed by atoms with Gasteiger partial charge >= 0.3 is 5.97 Å². The Morgan fingerprint density at radius 2 is 2.25 bits per heavy atom. The number of ether oxygens (including phenoxy) is 1. The van der Waals surface area contributed by atoms with Crippen LogP contribution in [0.2, 0.25) is 0 Å². The fourth-order valence-corrected chi connectivity index (χ4v) is 1.84. The zero-order chi connectivity index (χ0) is 12.1. The number of carbonyl (C=O) groups is 1. The van der Waals surface area contributed by atoms with E-state index in [1.165, 1.54) is 18.4 Å². The number of hydrogen-bond acceptors (Lipinski definition) is 5. The molecule has 0 unspecified atom stereocenters. The van der Waals surface area contributed by atoms with Gasteiger partial charge in [0.15, 0.2) is 0 Å². The smallest absolute Gasteiger partial charge is 0.343 e. The summed E-state index contributed by atoms with van der Waals surface area (Å²) in [4.78, 5) is 16.0. The Morgan fingerprint density at radius 3 is 2.69 bits per heavy atom. The second-order valence-corrected chi connectivity index (χ2v) is 3.95. The lowest BCUT2D eigenvalue weighted by atomic mass is 10.1. The van der Waals surface area contributed by atoms with Gasteiger partial charge in [-0.15, -0.1) is 11.3 Å². The van der Waals surface area contributed by atoms with Crippen LogP contribution in [0.4, 0.5) is 0 Å². The van der Waals surface area contributed by atoms with E-state index in [-0.39, 0.29) is 11.3 Å². The van der Waals surface area contributed by atoms with E-state index in [2.05, 4.69) is 9.73 Å². The molecular formula is C11H13NO3S. The molecule has 0 bridgehead atoms. The highest BCUT2D eigenvalue weighted by Crippen LogP contribution is 2.22. The number of aliphatic imine (C=N–C) groups is 1. The molecule has 0 radical (unpaired) electrons. The van der Waals surface area contributed by atoms with Crippen molar-refractivity contribution in [3.05, 3.63) is 28.0 Å². The van der Waals surface area contributed by atoms with Gasteiger partial charge in [-0.1, -0.05) is 6.07 Å². The van der Waals surface area contributed by atoms with E-state index in [4.69, 9.17) is 0 Å². The van der Waals surface area contributed by atoms with E-state index in [1.807, 2.05) is 5.38 Å². The van der Waals surface area contributed by atoms with Crippen LogP contribution >= 0.6 is 11.3 Å². The van der Waals surface area contributed by atoms with E-state index in [0.717, 1.165) is 0 Å². The van der Waals surface area contributed by atoms with Crippen LogP contribution in [-0.4, -0.2) is 30.9 Å². The van der Waals surface area contributed by atoms with E-state index in [9.17, 15) is 9.90 Å². The number of nitrogens with zero attached hydrogens (tertiary/aromatic N) is 1. The van der Waals surface area contributed by atoms with Crippen molar-refractivity contribution in [2.24, 2.45) is 4.99 Å². The quantitative estimate of drug-likeness (QED) is 0.381. The van der Waals surface area contributed by atoms with Crippen molar-refractivity contribution >= 4 is 28.8 Å². The Hall–Kier alpha value is -1.62. The average molecular weight is 239 g/mol. The number of hydrogen-bond donors (Lipinski definition) is 1. The maximum absolute atomic E-state index is 11.5. The highest BCUT2D eigenvalue weighted by atomic mass is 32.1. The monoisotopic (exact) mass is 239 g/mol. The molecule has 1 heterocycles. The molecule has 4 nitrogen and oxygen atoms in total. The van der Waals surface area contributed by atoms with Crippen molar-refractivity contribution in [2.75, 3.05) is 14.2 Å². The Balaban J connectivity index is 3.29. The maximum atomic E-state index is 11.5. The molecule has 0 aliphatic rings. The molecule has 0 saturated carbocycles. The zero-order valence-electron chi connectivity index (χ0n) is 9.35. The van der Waals surface area contributed by atoms with Crippen molar-refractivity contribution in [2.45, 2.75) is 6.92 Å². The van der Waals surface area contributed by atoms with Gasteiger partial charge in [0.1, 0.15) is 11.3 Å². The largest absolute Gasteiger partial charge is 0.505 e. The van der Waals surface area contributed by atoms with Crippen molar-refractivity contribution in [3.63, 3.8) is 0 Å². The molecule has 0 atom stereocenters. The van der Waals surface area contributed by atoms with Crippen LogP contribution in [0, 0.1) is 0 Å². The fourth-order valence-electron chi connectivity index (χ4n) is 1.17. The first-order chi connectivity index (χ1) is 7.61. The SMILES string of the molecule is CN=C(C)/C(C(=O)OC)=C(/O)c1cccs1. The second kappa shape index (κ2) is 5.46. The third kappa shape index (κ3) is 2.49. The molecule has 0 amide bonds. The number of esters is 1. The van der Waals surface area contributed by atoms with Gasteiger partial charge in [-0.05, 0) is 18.4 Å². The zero-order valence-corrected chi connectivity index (χ0v) is 10.2. The van der Waals surface area contributed by atoms with Gasteiger partial charge in [0, 0.05) is 12.8 Å². The Labute approximate surface area is 97.9 Å². The second-order valence-electron chi connectivity index (χ2n) is 3.00. The lowest BCUT2D eigenvalue weighted by Crippen LogP contribution is -2.14. The molecule has 0 aliphatic carbocycles. The lowest BCUT2D eigenvalue weighted by molar-refractivity contribution is -0.135. The van der Waals surface area contributed by atoms with Crippen LogP contribution in [0.5, 0.6) is 0 Å². The number of thiophene rings is 1. The van der Waals surface area contributed by atoms with E-state index in [0.29, 0.717) is 10.6 Å². The van der Waals surface area contributed by atoms with Crippen LogP contribution in [0.15, 0.2) is 28.1 Å². The Bertz CT molecular complexity index is 432. The van der Waals surface area contributed by atoms with Gasteiger partial charge in [-0.2, -0.15) is 0 Å². The van der Waals surface area contributed by atoms with Gasteiger partial charge in [0.25, 0.3) is 0 Å². The molecular weight excluding hydrogens is 226 g/mol. The number of carbonyl (C=O) groups excluding carboxylic acids is 1. The summed E-state index contributed by atoms with van der Waals surface area (Å²) in [5.41, 5.74) is 0.546. The number of aliphatic hydroxyl groups is 1. The van der Waals surface area contributed by atoms with Crippen LogP contribution in [-0.2, 0) is 9.53 Å². The molecule has 0 saturated heterocycles. The van der Waals surface area contributed by atoms with Crippen LogP contribution < -0.4 is 0 Å². The van der Waals surface area contributed by atoms with Gasteiger partial charge in [0.2, 0.25) is 0 Å². The minimum absolute atomic E-state index is 0.0926. The topological polar surface area (TPSA) is 58.9 Å². The first-order valence-electron chi connectivity index (χ1n) is 4.61. The maximum Gasteiger partial charge on any atom is 0.343 e. The van der Waals surface area contributed by atoms with Crippen molar-refractivity contribution < 1.29 is 14.6 Å². The summed E-state index contributed by atoms with van der Waals surface area (Å²) in [5, 5.41) is 11.8. The molecule has 0 aliphatic heterocycles. The molecule has 0 fully saturated rings. The van der Waals surface area contributed by atoms with Gasteiger partial charge in [-0.25, -0.2) is 4.79 Å². The van der Waals surface area contributed by atoms with Crippen LogP contribution in [0.1, 0.15) is 11.8 Å². The minimum atomic E-state index is -0.589. The molecule has 16 heavy (non-hydrogen) atoms. The Kier molecular flexibility index (Phi) is 4.25. The van der Waals surface area contributed by atoms with Gasteiger partial charge < -0.3 is 9.84 Å². The lowest BCUT2D eigenvalue weighted by Gasteiger charge is -2.07. The van der Waals surface area contributed by atoms with E-state index in [1.54, 1.807) is 26.1 Å². The van der Waals surface area contributed by atoms with Crippen LogP contribution in [0.25, 0.3) is 5.76 Å². The molecule has 5 heteroatoms. The summed E-state index contributed by atoms with van der Waals surface area (Å²) in [6, 6.07) is 3.52. The predicted octanol–water partition coefficient (Wildman–Crippen LogP) is 2.28. The molecule has 0 spiro atoms.